The van der Waals surface area contributed by atoms with Crippen LogP contribution in [0.4, 0.5) is 11.5 Å². The maximum atomic E-state index is 9.15. The zero-order valence-corrected chi connectivity index (χ0v) is 11.0. The maximum Gasteiger partial charge on any atom is 0.148 e. The van der Waals surface area contributed by atoms with Crippen LogP contribution in [0.25, 0.3) is 0 Å². The second-order valence-corrected chi connectivity index (χ2v) is 5.03. The number of nitrogens with one attached hydrogen (secondary N) is 1. The Bertz CT molecular complexity index is 657. The van der Waals surface area contributed by atoms with Gasteiger partial charge in [0.05, 0.1) is 16.3 Å². The quantitative estimate of drug-likeness (QED) is 0.907. The van der Waals surface area contributed by atoms with Gasteiger partial charge in [0.1, 0.15) is 11.9 Å². The van der Waals surface area contributed by atoms with E-state index in [4.69, 9.17) is 16.9 Å². The van der Waals surface area contributed by atoms with Crippen LogP contribution in [0.5, 0.6) is 0 Å². The predicted molar refractivity (Wildman–Crippen MR) is 75.7 cm³/mol. The van der Waals surface area contributed by atoms with Gasteiger partial charge in [-0.25, -0.2) is 4.98 Å². The third kappa shape index (κ3) is 2.54. The minimum atomic E-state index is 0.532. The topological polar surface area (TPSA) is 48.7 Å². The Morgan fingerprint density at radius 3 is 2.68 bits per heavy atom. The number of aromatic nitrogens is 1. The second kappa shape index (κ2) is 4.91. The normalized spacial score (nSPS) is 13.9. The third-order valence-electron chi connectivity index (χ3n) is 3.16. The monoisotopic (exact) mass is 269 g/mol. The molecule has 1 N–H and O–H groups in total. The Morgan fingerprint density at radius 2 is 2.00 bits per heavy atom. The summed E-state index contributed by atoms with van der Waals surface area (Å²) < 4.78 is 0. The number of nitrogens with zero attached hydrogens (tertiary/aromatic N) is 2. The molecule has 0 spiro atoms. The fourth-order valence-corrected chi connectivity index (χ4v) is 2.14. The lowest BCUT2D eigenvalue weighted by Crippen LogP contribution is -2.00. The lowest BCUT2D eigenvalue weighted by molar-refractivity contribution is 1.02. The van der Waals surface area contributed by atoms with Gasteiger partial charge in [0.15, 0.2) is 0 Å². The zero-order chi connectivity index (χ0) is 13.2. The van der Waals surface area contributed by atoms with Crippen LogP contribution in [-0.2, 0) is 0 Å². The number of rotatable bonds is 3. The summed E-state index contributed by atoms with van der Waals surface area (Å²) in [6.45, 7) is 0. The molecule has 1 saturated carbocycles. The summed E-state index contributed by atoms with van der Waals surface area (Å²) in [6.07, 6.45) is 2.37. The molecule has 0 amide bonds. The number of hydrogen-bond acceptors (Lipinski definition) is 3. The molecule has 1 heterocycles. The van der Waals surface area contributed by atoms with Crippen molar-refractivity contribution in [2.45, 2.75) is 18.8 Å². The first-order chi connectivity index (χ1) is 9.28. The largest absolute Gasteiger partial charge is 0.338 e. The molecule has 1 aliphatic rings. The van der Waals surface area contributed by atoms with E-state index in [9.17, 15) is 0 Å². The molecule has 3 rings (SSSR count). The van der Waals surface area contributed by atoms with Crippen LogP contribution in [-0.4, -0.2) is 4.98 Å². The smallest absolute Gasteiger partial charge is 0.148 e. The number of hydrogen-bond donors (Lipinski definition) is 1. The highest BCUT2D eigenvalue weighted by molar-refractivity contribution is 6.33. The summed E-state index contributed by atoms with van der Waals surface area (Å²) in [5, 5.41) is 12.9. The summed E-state index contributed by atoms with van der Waals surface area (Å²) in [5.74, 6) is 1.14. The number of halogens is 1. The number of benzene rings is 1. The van der Waals surface area contributed by atoms with Crippen molar-refractivity contribution in [1.29, 1.82) is 5.26 Å². The van der Waals surface area contributed by atoms with Crippen LogP contribution in [0, 0.1) is 11.3 Å². The van der Waals surface area contributed by atoms with Gasteiger partial charge in [-0.05, 0) is 37.1 Å². The van der Waals surface area contributed by atoms with E-state index in [1.807, 2.05) is 30.3 Å². The first kappa shape index (κ1) is 12.0. The van der Waals surface area contributed by atoms with E-state index in [1.165, 1.54) is 12.8 Å². The van der Waals surface area contributed by atoms with Crippen molar-refractivity contribution in [3.8, 4) is 6.07 Å². The Labute approximate surface area is 116 Å². The summed E-state index contributed by atoms with van der Waals surface area (Å²) in [7, 11) is 0. The van der Waals surface area contributed by atoms with Crippen LogP contribution in [0.3, 0.4) is 0 Å². The lowest BCUT2D eigenvalue weighted by Gasteiger charge is -2.10. The molecule has 0 unspecified atom stereocenters. The van der Waals surface area contributed by atoms with Gasteiger partial charge in [0.25, 0.3) is 0 Å². The highest BCUT2D eigenvalue weighted by atomic mass is 35.5. The van der Waals surface area contributed by atoms with Gasteiger partial charge >= 0.3 is 0 Å². The summed E-state index contributed by atoms with van der Waals surface area (Å²) in [5.41, 5.74) is 2.35. The molecule has 1 aromatic carbocycles. The summed E-state index contributed by atoms with van der Waals surface area (Å²) >= 11 is 6.11. The van der Waals surface area contributed by atoms with Gasteiger partial charge in [-0.1, -0.05) is 23.7 Å². The van der Waals surface area contributed by atoms with Crippen LogP contribution in [0.2, 0.25) is 5.02 Å². The van der Waals surface area contributed by atoms with Gasteiger partial charge < -0.3 is 5.32 Å². The number of nitriles is 1. The molecule has 4 heteroatoms. The van der Waals surface area contributed by atoms with E-state index in [1.54, 1.807) is 6.07 Å². The molecule has 2 aromatic rings. The molecule has 19 heavy (non-hydrogen) atoms. The van der Waals surface area contributed by atoms with E-state index in [0.29, 0.717) is 22.3 Å². The van der Waals surface area contributed by atoms with E-state index in [-0.39, 0.29) is 0 Å². The van der Waals surface area contributed by atoms with Crippen molar-refractivity contribution in [3.63, 3.8) is 0 Å². The van der Waals surface area contributed by atoms with E-state index in [0.717, 1.165) is 11.4 Å². The fraction of sp³-hybridized carbons (Fsp3) is 0.200. The molecule has 1 aliphatic carbocycles. The van der Waals surface area contributed by atoms with E-state index < -0.39 is 0 Å². The van der Waals surface area contributed by atoms with E-state index >= 15 is 0 Å². The minimum absolute atomic E-state index is 0.532. The van der Waals surface area contributed by atoms with Crippen molar-refractivity contribution in [2.24, 2.45) is 0 Å². The Kier molecular flexibility index (Phi) is 3.10. The first-order valence-electron chi connectivity index (χ1n) is 6.20. The van der Waals surface area contributed by atoms with Crippen LogP contribution in [0.1, 0.15) is 30.0 Å². The molecule has 0 saturated heterocycles. The van der Waals surface area contributed by atoms with Crippen molar-refractivity contribution >= 4 is 23.1 Å². The number of pyridine rings is 1. The zero-order valence-electron chi connectivity index (χ0n) is 10.2. The van der Waals surface area contributed by atoms with Gasteiger partial charge in [-0.3, -0.25) is 0 Å². The molecule has 1 fully saturated rings. The molecule has 3 nitrogen and oxygen atoms in total. The van der Waals surface area contributed by atoms with Crippen molar-refractivity contribution in [2.75, 3.05) is 5.32 Å². The maximum absolute atomic E-state index is 9.15. The van der Waals surface area contributed by atoms with Gasteiger partial charge in [-0.2, -0.15) is 5.26 Å². The van der Waals surface area contributed by atoms with Gasteiger partial charge in [0, 0.05) is 11.6 Å². The van der Waals surface area contributed by atoms with Crippen LogP contribution in [0.15, 0.2) is 36.4 Å². The summed E-state index contributed by atoms with van der Waals surface area (Å²) in [6, 6.07) is 13.3. The van der Waals surface area contributed by atoms with Crippen LogP contribution < -0.4 is 5.32 Å². The second-order valence-electron chi connectivity index (χ2n) is 4.62. The average Bonchev–Trinajstić information content (AvgIpc) is 3.26. The third-order valence-corrected chi connectivity index (χ3v) is 3.49. The number of anilines is 2. The molecule has 94 valence electrons. The molecule has 1 aromatic heterocycles. The first-order valence-corrected chi connectivity index (χ1v) is 6.58. The van der Waals surface area contributed by atoms with Crippen molar-refractivity contribution in [1.82, 2.24) is 4.98 Å². The Morgan fingerprint density at radius 1 is 1.21 bits per heavy atom. The molecule has 0 aliphatic heterocycles. The predicted octanol–water partition coefficient (Wildman–Crippen LogP) is 4.23. The minimum Gasteiger partial charge on any atom is -0.338 e. The molecular weight excluding hydrogens is 258 g/mol. The van der Waals surface area contributed by atoms with Gasteiger partial charge in [-0.15, -0.1) is 0 Å². The van der Waals surface area contributed by atoms with Crippen molar-refractivity contribution < 1.29 is 0 Å². The Balaban J connectivity index is 1.97. The van der Waals surface area contributed by atoms with Crippen molar-refractivity contribution in [3.05, 3.63) is 52.7 Å². The molecular formula is C15H12ClN3. The van der Waals surface area contributed by atoms with Crippen LogP contribution >= 0.6 is 11.6 Å². The highest BCUT2D eigenvalue weighted by Crippen LogP contribution is 2.40. The molecule has 0 radical (unpaired) electrons. The number of para-hydroxylation sites is 1. The molecule has 0 atom stereocenters. The Hall–Kier alpha value is -2.05. The van der Waals surface area contributed by atoms with Gasteiger partial charge in [0.2, 0.25) is 0 Å². The average molecular weight is 270 g/mol. The SMILES string of the molecule is N#Cc1ccc(C2CC2)nc1Nc1ccccc1Cl. The lowest BCUT2D eigenvalue weighted by atomic mass is 10.2. The molecule has 0 bridgehead atoms. The van der Waals surface area contributed by atoms with E-state index in [2.05, 4.69) is 16.4 Å². The summed E-state index contributed by atoms with van der Waals surface area (Å²) in [4.78, 5) is 4.55. The fourth-order valence-electron chi connectivity index (χ4n) is 1.96. The standard InChI is InChI=1S/C15H12ClN3/c16-12-3-1-2-4-14(12)19-15-11(9-17)7-8-13(18-15)10-5-6-10/h1-4,7-8,10H,5-6H2,(H,18,19). The highest BCUT2D eigenvalue weighted by Gasteiger charge is 2.25.